The first-order chi connectivity index (χ1) is 7.91. The lowest BCUT2D eigenvalue weighted by Crippen LogP contribution is -2.39. The predicted molar refractivity (Wildman–Crippen MR) is 72.2 cm³/mol. The monoisotopic (exact) mass is 235 g/mol. The normalized spacial score (nSPS) is 12.4. The average molecular weight is 235 g/mol. The van der Waals surface area contributed by atoms with Crippen molar-refractivity contribution < 1.29 is 4.79 Å². The number of nitrogens with zero attached hydrogens (tertiary/aromatic N) is 1. The molecule has 0 aliphatic heterocycles. The Bertz CT molecular complexity index is 371. The molecule has 1 atom stereocenters. The molecule has 0 aliphatic carbocycles. The van der Waals surface area contributed by atoms with Gasteiger partial charge in [-0.05, 0) is 30.2 Å². The van der Waals surface area contributed by atoms with Gasteiger partial charge in [0.25, 0.3) is 0 Å². The molecule has 1 aromatic rings. The third-order valence-electron chi connectivity index (χ3n) is 2.67. The molecule has 1 amide bonds. The van der Waals surface area contributed by atoms with Crippen LogP contribution in [0.4, 0.5) is 11.4 Å². The summed E-state index contributed by atoms with van der Waals surface area (Å²) in [4.78, 5) is 13.7. The Morgan fingerprint density at radius 3 is 2.18 bits per heavy atom. The van der Waals surface area contributed by atoms with Gasteiger partial charge in [-0.3, -0.25) is 4.79 Å². The first kappa shape index (κ1) is 13.5. The van der Waals surface area contributed by atoms with Gasteiger partial charge >= 0.3 is 0 Å². The van der Waals surface area contributed by atoms with Crippen molar-refractivity contribution in [2.75, 3.05) is 24.3 Å². The third-order valence-corrected chi connectivity index (χ3v) is 2.67. The molecule has 0 spiro atoms. The Morgan fingerprint density at radius 2 is 1.76 bits per heavy atom. The lowest BCUT2D eigenvalue weighted by atomic mass is 10.0. The highest BCUT2D eigenvalue weighted by Crippen LogP contribution is 2.16. The summed E-state index contributed by atoms with van der Waals surface area (Å²) in [5, 5.41) is 2.81. The van der Waals surface area contributed by atoms with E-state index < -0.39 is 6.04 Å². The summed E-state index contributed by atoms with van der Waals surface area (Å²) in [5.41, 5.74) is 7.63. The molecule has 1 aromatic carbocycles. The molecule has 0 bridgehead atoms. The number of hydrogen-bond donors (Lipinski definition) is 2. The van der Waals surface area contributed by atoms with Gasteiger partial charge in [-0.15, -0.1) is 0 Å². The van der Waals surface area contributed by atoms with Crippen molar-refractivity contribution in [2.24, 2.45) is 11.7 Å². The van der Waals surface area contributed by atoms with Gasteiger partial charge in [0.05, 0.1) is 6.04 Å². The molecule has 4 heteroatoms. The van der Waals surface area contributed by atoms with Crippen molar-refractivity contribution in [1.82, 2.24) is 0 Å². The van der Waals surface area contributed by atoms with Gasteiger partial charge in [-0.1, -0.05) is 13.8 Å². The van der Waals surface area contributed by atoms with Crippen LogP contribution in [0.3, 0.4) is 0 Å². The molecule has 0 fully saturated rings. The molecule has 1 rings (SSSR count). The zero-order chi connectivity index (χ0) is 13.0. The fourth-order valence-electron chi connectivity index (χ4n) is 1.37. The number of anilines is 2. The molecule has 0 aliphatic rings. The van der Waals surface area contributed by atoms with Gasteiger partial charge in [0.15, 0.2) is 0 Å². The Hall–Kier alpha value is -1.55. The minimum Gasteiger partial charge on any atom is -0.378 e. The summed E-state index contributed by atoms with van der Waals surface area (Å²) in [6.07, 6.45) is 0. The van der Waals surface area contributed by atoms with Crippen LogP contribution in [0, 0.1) is 5.92 Å². The number of rotatable bonds is 4. The molecule has 0 saturated carbocycles. The molecule has 0 saturated heterocycles. The van der Waals surface area contributed by atoms with Crippen LogP contribution in [-0.4, -0.2) is 26.0 Å². The maximum Gasteiger partial charge on any atom is 0.241 e. The number of amides is 1. The van der Waals surface area contributed by atoms with E-state index in [1.165, 1.54) is 0 Å². The highest BCUT2D eigenvalue weighted by molar-refractivity contribution is 5.94. The van der Waals surface area contributed by atoms with E-state index in [2.05, 4.69) is 5.32 Å². The van der Waals surface area contributed by atoms with Crippen LogP contribution >= 0.6 is 0 Å². The molecular formula is C13H21N3O. The molecular weight excluding hydrogens is 214 g/mol. The number of benzene rings is 1. The highest BCUT2D eigenvalue weighted by Gasteiger charge is 2.16. The molecule has 3 N–H and O–H groups in total. The smallest absolute Gasteiger partial charge is 0.241 e. The van der Waals surface area contributed by atoms with Crippen molar-refractivity contribution >= 4 is 17.3 Å². The van der Waals surface area contributed by atoms with E-state index in [4.69, 9.17) is 5.73 Å². The van der Waals surface area contributed by atoms with Gasteiger partial charge in [0.1, 0.15) is 0 Å². The topological polar surface area (TPSA) is 58.4 Å². The highest BCUT2D eigenvalue weighted by atomic mass is 16.2. The van der Waals surface area contributed by atoms with Gasteiger partial charge in [-0.25, -0.2) is 0 Å². The van der Waals surface area contributed by atoms with Crippen molar-refractivity contribution in [1.29, 1.82) is 0 Å². The van der Waals surface area contributed by atoms with Crippen LogP contribution in [0.5, 0.6) is 0 Å². The molecule has 17 heavy (non-hydrogen) atoms. The van der Waals surface area contributed by atoms with Crippen LogP contribution in [0.1, 0.15) is 13.8 Å². The van der Waals surface area contributed by atoms with Gasteiger partial charge < -0.3 is 16.0 Å². The number of carbonyl (C=O) groups excluding carboxylic acids is 1. The number of hydrogen-bond acceptors (Lipinski definition) is 3. The van der Waals surface area contributed by atoms with E-state index in [-0.39, 0.29) is 11.8 Å². The SMILES string of the molecule is CC(C)C(N)C(=O)Nc1ccc(N(C)C)cc1. The van der Waals surface area contributed by atoms with E-state index in [9.17, 15) is 4.79 Å². The molecule has 0 aromatic heterocycles. The fraction of sp³-hybridized carbons (Fsp3) is 0.462. The summed E-state index contributed by atoms with van der Waals surface area (Å²) in [6, 6.07) is 7.19. The number of nitrogens with one attached hydrogen (secondary N) is 1. The summed E-state index contributed by atoms with van der Waals surface area (Å²) in [5.74, 6) is -0.00588. The van der Waals surface area contributed by atoms with E-state index in [0.717, 1.165) is 11.4 Å². The van der Waals surface area contributed by atoms with Crippen LogP contribution in [0.25, 0.3) is 0 Å². The lowest BCUT2D eigenvalue weighted by molar-refractivity contribution is -0.118. The summed E-state index contributed by atoms with van der Waals surface area (Å²) < 4.78 is 0. The van der Waals surface area contributed by atoms with E-state index >= 15 is 0 Å². The van der Waals surface area contributed by atoms with Crippen LogP contribution < -0.4 is 16.0 Å². The van der Waals surface area contributed by atoms with Crippen molar-refractivity contribution in [3.63, 3.8) is 0 Å². The Kier molecular flexibility index (Phi) is 4.52. The first-order valence-corrected chi connectivity index (χ1v) is 5.75. The number of nitrogens with two attached hydrogens (primary N) is 1. The van der Waals surface area contributed by atoms with Crippen molar-refractivity contribution in [3.05, 3.63) is 24.3 Å². The van der Waals surface area contributed by atoms with Gasteiger partial charge in [0, 0.05) is 25.5 Å². The standard InChI is InChI=1S/C13H21N3O/c1-9(2)12(14)13(17)15-10-5-7-11(8-6-10)16(3)4/h5-9,12H,14H2,1-4H3,(H,15,17). The Balaban J connectivity index is 2.66. The first-order valence-electron chi connectivity index (χ1n) is 5.75. The van der Waals surface area contributed by atoms with Gasteiger partial charge in [0.2, 0.25) is 5.91 Å². The molecule has 0 radical (unpaired) electrons. The van der Waals surface area contributed by atoms with Gasteiger partial charge in [-0.2, -0.15) is 0 Å². The predicted octanol–water partition coefficient (Wildman–Crippen LogP) is 1.67. The largest absolute Gasteiger partial charge is 0.378 e. The minimum absolute atomic E-state index is 0.135. The summed E-state index contributed by atoms with van der Waals surface area (Å²) in [6.45, 7) is 3.86. The maximum absolute atomic E-state index is 11.7. The molecule has 94 valence electrons. The third kappa shape index (κ3) is 3.75. The van der Waals surface area contributed by atoms with Crippen LogP contribution in [0.15, 0.2) is 24.3 Å². The second-order valence-electron chi connectivity index (χ2n) is 4.70. The van der Waals surface area contributed by atoms with Crippen LogP contribution in [-0.2, 0) is 4.79 Å². The second kappa shape index (κ2) is 5.68. The van der Waals surface area contributed by atoms with Crippen LogP contribution in [0.2, 0.25) is 0 Å². The quantitative estimate of drug-likeness (QED) is 0.834. The fourth-order valence-corrected chi connectivity index (χ4v) is 1.37. The van der Waals surface area contributed by atoms with Crippen molar-refractivity contribution in [3.8, 4) is 0 Å². The zero-order valence-electron chi connectivity index (χ0n) is 10.9. The molecule has 1 unspecified atom stereocenters. The zero-order valence-corrected chi connectivity index (χ0v) is 10.9. The summed E-state index contributed by atoms with van der Waals surface area (Å²) in [7, 11) is 3.95. The minimum atomic E-state index is -0.469. The lowest BCUT2D eigenvalue weighted by Gasteiger charge is -2.16. The molecule has 4 nitrogen and oxygen atoms in total. The maximum atomic E-state index is 11.7. The molecule has 0 heterocycles. The van der Waals surface area contributed by atoms with E-state index in [1.807, 2.05) is 57.1 Å². The number of carbonyl (C=O) groups is 1. The van der Waals surface area contributed by atoms with E-state index in [0.29, 0.717) is 0 Å². The van der Waals surface area contributed by atoms with Crippen molar-refractivity contribution in [2.45, 2.75) is 19.9 Å². The Morgan fingerprint density at radius 1 is 1.24 bits per heavy atom. The average Bonchev–Trinajstić information content (AvgIpc) is 2.28. The summed E-state index contributed by atoms with van der Waals surface area (Å²) >= 11 is 0. The Labute approximate surface area is 103 Å². The second-order valence-corrected chi connectivity index (χ2v) is 4.70. The van der Waals surface area contributed by atoms with E-state index in [1.54, 1.807) is 0 Å².